The van der Waals surface area contributed by atoms with Gasteiger partial charge in [-0.25, -0.2) is 0 Å². The number of nitrogens with one attached hydrogen (secondary N) is 2. The number of benzene rings is 1. The molecule has 7 nitrogen and oxygen atoms in total. The van der Waals surface area contributed by atoms with Gasteiger partial charge in [-0.2, -0.15) is 0 Å². The number of rotatable bonds is 12. The molecule has 2 aromatic rings. The Morgan fingerprint density at radius 3 is 2.44 bits per heavy atom. The van der Waals surface area contributed by atoms with Crippen LogP contribution in [0.5, 0.6) is 17.2 Å². The Morgan fingerprint density at radius 1 is 1.11 bits per heavy atom. The molecule has 1 atom stereocenters. The van der Waals surface area contributed by atoms with Gasteiger partial charge in [0.05, 0.1) is 0 Å². The quantitative estimate of drug-likeness (QED) is 0.456. The molecule has 0 aliphatic heterocycles. The van der Waals surface area contributed by atoms with Crippen molar-refractivity contribution in [2.24, 2.45) is 0 Å². The zero-order chi connectivity index (χ0) is 18.6. The fraction of sp³-hybridized carbons (Fsp3) is 0.389. The second-order valence-corrected chi connectivity index (χ2v) is 6.19. The lowest BCUT2D eigenvalue weighted by molar-refractivity contribution is -0.122. The minimum absolute atomic E-state index is 0. The number of halogens is 1. The van der Waals surface area contributed by atoms with Crippen LogP contribution in [0.15, 0.2) is 41.1 Å². The predicted molar refractivity (Wildman–Crippen MR) is 107 cm³/mol. The molecule has 0 aliphatic rings. The van der Waals surface area contributed by atoms with Gasteiger partial charge in [-0.1, -0.05) is 0 Å². The van der Waals surface area contributed by atoms with E-state index in [2.05, 4.69) is 10.6 Å². The van der Waals surface area contributed by atoms with Crippen LogP contribution in [0.25, 0.3) is 0 Å². The van der Waals surface area contributed by atoms with Crippen LogP contribution in [0.4, 0.5) is 0 Å². The molecule has 1 aromatic carbocycles. The number of thiophene rings is 1. The van der Waals surface area contributed by atoms with Crippen molar-refractivity contribution in [3.05, 3.63) is 41.1 Å². The van der Waals surface area contributed by atoms with Gasteiger partial charge in [0, 0.05) is 25.5 Å². The number of hydrogen-bond donors (Lipinski definition) is 3. The summed E-state index contributed by atoms with van der Waals surface area (Å²) >= 11 is 1.55. The Morgan fingerprint density at radius 2 is 1.81 bits per heavy atom. The highest BCUT2D eigenvalue weighted by atomic mass is 35.5. The van der Waals surface area contributed by atoms with Gasteiger partial charge < -0.3 is 30.0 Å². The van der Waals surface area contributed by atoms with Crippen LogP contribution in [0.2, 0.25) is 0 Å². The number of likely N-dealkylation sites (N-methyl/N-ethyl adjacent to an activating group) is 1. The van der Waals surface area contributed by atoms with Crippen molar-refractivity contribution in [3.63, 3.8) is 0 Å². The second-order valence-electron chi connectivity index (χ2n) is 5.41. The first-order valence-electron chi connectivity index (χ1n) is 8.27. The standard InChI is InChI=1S/C18H24N2O5S.ClH/c1-19-18(22)12-25-16-4-2-15(3-5-16)23-8-7-20-10-14(21)11-24-17-6-9-26-13-17;/h2-6,9,13-14,20-21H,7-8,10-12H2,1H3,(H,19,22);1H. The molecule has 1 amide bonds. The van der Waals surface area contributed by atoms with Crippen molar-refractivity contribution in [3.8, 4) is 17.2 Å². The maximum Gasteiger partial charge on any atom is 0.257 e. The lowest BCUT2D eigenvalue weighted by Crippen LogP contribution is -2.33. The summed E-state index contributed by atoms with van der Waals surface area (Å²) in [4.78, 5) is 11.1. The molecule has 0 fully saturated rings. The number of amides is 1. The molecule has 1 aromatic heterocycles. The van der Waals surface area contributed by atoms with Crippen molar-refractivity contribution in [1.29, 1.82) is 0 Å². The summed E-state index contributed by atoms with van der Waals surface area (Å²) < 4.78 is 16.4. The number of carbonyl (C=O) groups is 1. The molecule has 150 valence electrons. The maximum absolute atomic E-state index is 11.1. The molecule has 0 spiro atoms. The number of aliphatic hydroxyl groups is 1. The largest absolute Gasteiger partial charge is 0.492 e. The van der Waals surface area contributed by atoms with Gasteiger partial charge in [-0.05, 0) is 35.7 Å². The zero-order valence-electron chi connectivity index (χ0n) is 15.1. The molecule has 0 saturated heterocycles. The highest BCUT2D eigenvalue weighted by Crippen LogP contribution is 2.17. The third kappa shape index (κ3) is 9.48. The molecule has 0 radical (unpaired) electrons. The van der Waals surface area contributed by atoms with Gasteiger partial charge in [0.25, 0.3) is 5.91 Å². The van der Waals surface area contributed by atoms with E-state index in [9.17, 15) is 9.90 Å². The van der Waals surface area contributed by atoms with E-state index in [1.165, 1.54) is 0 Å². The molecule has 0 saturated carbocycles. The van der Waals surface area contributed by atoms with Crippen LogP contribution in [0.1, 0.15) is 0 Å². The van der Waals surface area contributed by atoms with Crippen molar-refractivity contribution in [1.82, 2.24) is 10.6 Å². The first kappa shape index (κ1) is 23.0. The normalized spacial score (nSPS) is 11.2. The van der Waals surface area contributed by atoms with E-state index in [1.807, 2.05) is 16.8 Å². The van der Waals surface area contributed by atoms with E-state index < -0.39 is 6.10 Å². The van der Waals surface area contributed by atoms with Crippen LogP contribution in [0, 0.1) is 0 Å². The molecule has 0 aliphatic carbocycles. The van der Waals surface area contributed by atoms with E-state index >= 15 is 0 Å². The van der Waals surface area contributed by atoms with E-state index in [4.69, 9.17) is 14.2 Å². The van der Waals surface area contributed by atoms with E-state index in [0.29, 0.717) is 31.2 Å². The Kier molecular flexibility index (Phi) is 11.3. The van der Waals surface area contributed by atoms with Gasteiger partial charge in [0.1, 0.15) is 36.6 Å². The van der Waals surface area contributed by atoms with Crippen molar-refractivity contribution in [2.75, 3.05) is 40.0 Å². The average Bonchev–Trinajstić information content (AvgIpc) is 3.18. The molecule has 27 heavy (non-hydrogen) atoms. The fourth-order valence-electron chi connectivity index (χ4n) is 1.95. The topological polar surface area (TPSA) is 89.1 Å². The number of ether oxygens (including phenoxy) is 3. The molecule has 3 N–H and O–H groups in total. The van der Waals surface area contributed by atoms with Crippen LogP contribution in [0.3, 0.4) is 0 Å². The zero-order valence-corrected chi connectivity index (χ0v) is 16.7. The number of carbonyl (C=O) groups excluding carboxylic acids is 1. The molecular weight excluding hydrogens is 392 g/mol. The van der Waals surface area contributed by atoms with Crippen molar-refractivity contribution < 1.29 is 24.1 Å². The third-order valence-electron chi connectivity index (χ3n) is 3.34. The van der Waals surface area contributed by atoms with E-state index in [-0.39, 0.29) is 31.5 Å². The summed E-state index contributed by atoms with van der Waals surface area (Å²) in [5.74, 6) is 1.91. The molecule has 1 unspecified atom stereocenters. The van der Waals surface area contributed by atoms with E-state index in [1.54, 1.807) is 42.6 Å². The Bertz CT molecular complexity index is 640. The van der Waals surface area contributed by atoms with Crippen LogP contribution >= 0.6 is 23.7 Å². The van der Waals surface area contributed by atoms with Crippen LogP contribution in [-0.2, 0) is 4.79 Å². The van der Waals surface area contributed by atoms with Gasteiger partial charge >= 0.3 is 0 Å². The summed E-state index contributed by atoms with van der Waals surface area (Å²) in [6.07, 6.45) is -0.577. The fourth-order valence-corrected chi connectivity index (χ4v) is 2.52. The van der Waals surface area contributed by atoms with Gasteiger partial charge in [0.15, 0.2) is 6.61 Å². The lowest BCUT2D eigenvalue weighted by atomic mass is 10.3. The minimum atomic E-state index is -0.577. The Hall–Kier alpha value is -2.00. The number of hydrogen-bond acceptors (Lipinski definition) is 7. The summed E-state index contributed by atoms with van der Waals surface area (Å²) in [6.45, 7) is 1.74. The van der Waals surface area contributed by atoms with Crippen LogP contribution < -0.4 is 24.8 Å². The summed E-state index contributed by atoms with van der Waals surface area (Å²) in [6, 6.07) is 8.92. The summed E-state index contributed by atoms with van der Waals surface area (Å²) in [5.41, 5.74) is 0. The third-order valence-corrected chi connectivity index (χ3v) is 4.00. The van der Waals surface area contributed by atoms with Gasteiger partial charge in [0.2, 0.25) is 0 Å². The molecule has 1 heterocycles. The molecule has 0 bridgehead atoms. The van der Waals surface area contributed by atoms with Crippen molar-refractivity contribution >= 4 is 29.7 Å². The average molecular weight is 417 g/mol. The summed E-state index contributed by atoms with van der Waals surface area (Å²) in [7, 11) is 1.56. The second kappa shape index (κ2) is 13.2. The number of aliphatic hydroxyl groups excluding tert-OH is 1. The Labute approximate surface area is 169 Å². The summed E-state index contributed by atoms with van der Waals surface area (Å²) in [5, 5.41) is 19.3. The molecule has 9 heteroatoms. The highest BCUT2D eigenvalue weighted by Gasteiger charge is 2.05. The monoisotopic (exact) mass is 416 g/mol. The first-order chi connectivity index (χ1) is 12.7. The lowest BCUT2D eigenvalue weighted by Gasteiger charge is -2.13. The van der Waals surface area contributed by atoms with Gasteiger partial charge in [-0.15, -0.1) is 23.7 Å². The van der Waals surface area contributed by atoms with Crippen molar-refractivity contribution in [2.45, 2.75) is 6.10 Å². The molecule has 2 rings (SSSR count). The van der Waals surface area contributed by atoms with Gasteiger partial charge in [-0.3, -0.25) is 4.79 Å². The molecular formula is C18H25ClN2O5S. The smallest absolute Gasteiger partial charge is 0.257 e. The highest BCUT2D eigenvalue weighted by molar-refractivity contribution is 7.08. The van der Waals surface area contributed by atoms with Crippen LogP contribution in [-0.4, -0.2) is 57.1 Å². The predicted octanol–water partition coefficient (Wildman–Crippen LogP) is 1.70. The van der Waals surface area contributed by atoms with E-state index in [0.717, 1.165) is 5.75 Å². The first-order valence-corrected chi connectivity index (χ1v) is 9.21. The SMILES string of the molecule is CNC(=O)COc1ccc(OCCNCC(O)COc2ccsc2)cc1.Cl. The minimum Gasteiger partial charge on any atom is -0.492 e. The Balaban J connectivity index is 0.00000364. The maximum atomic E-state index is 11.1.